The lowest BCUT2D eigenvalue weighted by molar-refractivity contribution is 0.458. The molecule has 4 aromatic rings. The molecule has 0 spiro atoms. The number of benzene rings is 4. The summed E-state index contributed by atoms with van der Waals surface area (Å²) in [5, 5.41) is 31.1. The Kier molecular flexibility index (Phi) is 6.35. The molecule has 3 N–H and O–H groups in total. The number of hydrogen-bond acceptors (Lipinski definition) is 5. The van der Waals surface area contributed by atoms with Gasteiger partial charge in [-0.2, -0.15) is 0 Å². The summed E-state index contributed by atoms with van der Waals surface area (Å²) in [5.41, 5.74) is 7.53. The number of phenolic OH excluding ortho intramolecular Hbond substituents is 3. The van der Waals surface area contributed by atoms with Gasteiger partial charge in [0.1, 0.15) is 28.7 Å². The lowest BCUT2D eigenvalue weighted by Gasteiger charge is -2.29. The molecule has 0 saturated heterocycles. The van der Waals surface area contributed by atoms with E-state index < -0.39 is 0 Å². The molecule has 0 aliphatic heterocycles. The lowest BCUT2D eigenvalue weighted by atomic mass is 10.0. The highest BCUT2D eigenvalue weighted by atomic mass is 16.5. The maximum Gasteiger partial charge on any atom is 0.130 e. The van der Waals surface area contributed by atoms with Crippen molar-refractivity contribution in [2.24, 2.45) is 0 Å². The number of ether oxygens (including phenoxy) is 1. The van der Waals surface area contributed by atoms with Crippen LogP contribution < -0.4 is 9.64 Å². The van der Waals surface area contributed by atoms with Crippen LogP contribution in [-0.2, 0) is 0 Å². The number of hydrogen-bond donors (Lipinski definition) is 3. The van der Waals surface area contributed by atoms with Crippen LogP contribution in [0.3, 0.4) is 0 Å². The van der Waals surface area contributed by atoms with Crippen molar-refractivity contribution in [2.75, 3.05) is 4.90 Å². The van der Waals surface area contributed by atoms with Gasteiger partial charge in [0.2, 0.25) is 0 Å². The molecule has 180 valence electrons. The molecule has 0 heterocycles. The summed E-state index contributed by atoms with van der Waals surface area (Å²) >= 11 is 0. The van der Waals surface area contributed by atoms with Crippen molar-refractivity contribution in [3.05, 3.63) is 94.0 Å². The van der Waals surface area contributed by atoms with Crippen LogP contribution in [0.15, 0.2) is 60.7 Å². The van der Waals surface area contributed by atoms with Crippen molar-refractivity contribution in [3.8, 4) is 28.7 Å². The molecule has 0 aliphatic rings. The fourth-order valence-electron chi connectivity index (χ4n) is 4.25. The molecule has 5 heteroatoms. The molecule has 4 rings (SSSR count). The zero-order valence-electron chi connectivity index (χ0n) is 21.0. The van der Waals surface area contributed by atoms with E-state index in [0.29, 0.717) is 11.5 Å². The highest BCUT2D eigenvalue weighted by Gasteiger charge is 2.20. The number of nitrogens with zero attached hydrogens (tertiary/aromatic N) is 1. The van der Waals surface area contributed by atoms with Gasteiger partial charge in [-0.3, -0.25) is 0 Å². The summed E-state index contributed by atoms with van der Waals surface area (Å²) in [4.78, 5) is 2.02. The van der Waals surface area contributed by atoms with E-state index in [2.05, 4.69) is 0 Å². The van der Waals surface area contributed by atoms with Crippen LogP contribution in [0.25, 0.3) is 0 Å². The van der Waals surface area contributed by atoms with Crippen LogP contribution in [0.1, 0.15) is 33.4 Å². The van der Waals surface area contributed by atoms with Crippen LogP contribution >= 0.6 is 0 Å². The molecule has 0 aliphatic carbocycles. The van der Waals surface area contributed by atoms with Gasteiger partial charge in [0.05, 0.1) is 11.4 Å². The molecular weight excluding hydrogens is 438 g/mol. The molecule has 0 bridgehead atoms. The molecule has 0 atom stereocenters. The van der Waals surface area contributed by atoms with Crippen LogP contribution in [0.2, 0.25) is 0 Å². The van der Waals surface area contributed by atoms with E-state index >= 15 is 0 Å². The fourth-order valence-corrected chi connectivity index (χ4v) is 4.25. The first-order valence-electron chi connectivity index (χ1n) is 11.5. The van der Waals surface area contributed by atoms with Gasteiger partial charge in [0.25, 0.3) is 0 Å². The van der Waals surface area contributed by atoms with Crippen molar-refractivity contribution in [1.82, 2.24) is 0 Å². The van der Waals surface area contributed by atoms with E-state index in [9.17, 15) is 15.3 Å². The molecule has 0 aromatic heterocycles. The van der Waals surface area contributed by atoms with Crippen LogP contribution in [0.4, 0.5) is 17.1 Å². The second kappa shape index (κ2) is 9.26. The zero-order chi connectivity index (χ0) is 25.4. The Labute approximate surface area is 206 Å². The molecule has 35 heavy (non-hydrogen) atoms. The standard InChI is InChI=1S/C30H31NO4/c1-17-10-19(3)28(33)15-25(17)31(26-16-29(34)20(4)11-18(26)2)23-8-7-9-24(14-23)35-30-13-21(5)27(32)12-22(30)6/h7-16,32-34H,1-6H3. The first-order valence-corrected chi connectivity index (χ1v) is 11.5. The van der Waals surface area contributed by atoms with Gasteiger partial charge in [-0.05, 0) is 99.2 Å². The predicted molar refractivity (Wildman–Crippen MR) is 141 cm³/mol. The molecule has 0 fully saturated rings. The molecule has 5 nitrogen and oxygen atoms in total. The Bertz CT molecular complexity index is 1370. The summed E-state index contributed by atoms with van der Waals surface area (Å²) in [5.74, 6) is 1.93. The number of phenols is 3. The highest BCUT2D eigenvalue weighted by Crippen LogP contribution is 2.43. The van der Waals surface area contributed by atoms with Crippen LogP contribution in [0.5, 0.6) is 28.7 Å². The van der Waals surface area contributed by atoms with Crippen LogP contribution in [-0.4, -0.2) is 15.3 Å². The van der Waals surface area contributed by atoms with Gasteiger partial charge in [-0.25, -0.2) is 0 Å². The maximum atomic E-state index is 10.5. The second-order valence-electron chi connectivity index (χ2n) is 9.19. The Balaban J connectivity index is 1.87. The third-order valence-corrected chi connectivity index (χ3v) is 6.31. The average Bonchev–Trinajstić information content (AvgIpc) is 2.79. The molecule has 0 amide bonds. The zero-order valence-corrected chi connectivity index (χ0v) is 21.0. The van der Waals surface area contributed by atoms with E-state index in [1.54, 1.807) is 18.2 Å². The van der Waals surface area contributed by atoms with E-state index in [1.165, 1.54) is 0 Å². The molecular formula is C30H31NO4. The first-order chi connectivity index (χ1) is 16.5. The van der Waals surface area contributed by atoms with Crippen molar-refractivity contribution in [1.29, 1.82) is 0 Å². The molecule has 0 unspecified atom stereocenters. The first kappa shape index (κ1) is 24.0. The third kappa shape index (κ3) is 4.76. The van der Waals surface area contributed by atoms with Gasteiger partial charge in [-0.15, -0.1) is 0 Å². The Morgan fingerprint density at radius 2 is 1.06 bits per heavy atom. The third-order valence-electron chi connectivity index (χ3n) is 6.31. The average molecular weight is 470 g/mol. The molecule has 0 saturated carbocycles. The fraction of sp³-hybridized carbons (Fsp3) is 0.200. The summed E-state index contributed by atoms with van der Waals surface area (Å²) in [6.45, 7) is 11.5. The quantitative estimate of drug-likeness (QED) is 0.277. The summed E-state index contributed by atoms with van der Waals surface area (Å²) < 4.78 is 6.22. The van der Waals surface area contributed by atoms with Crippen molar-refractivity contribution in [3.63, 3.8) is 0 Å². The number of aromatic hydroxyl groups is 3. The second-order valence-corrected chi connectivity index (χ2v) is 9.19. The molecule has 0 radical (unpaired) electrons. The van der Waals surface area contributed by atoms with E-state index in [1.807, 2.05) is 88.9 Å². The van der Waals surface area contributed by atoms with Crippen molar-refractivity contribution < 1.29 is 20.1 Å². The van der Waals surface area contributed by atoms with Gasteiger partial charge in [-0.1, -0.05) is 18.2 Å². The van der Waals surface area contributed by atoms with Gasteiger partial charge in [0, 0.05) is 23.9 Å². The van der Waals surface area contributed by atoms with E-state index in [0.717, 1.165) is 50.4 Å². The monoisotopic (exact) mass is 469 g/mol. The Hall–Kier alpha value is -4.12. The highest BCUT2D eigenvalue weighted by molar-refractivity contribution is 5.82. The predicted octanol–water partition coefficient (Wildman–Crippen LogP) is 7.92. The summed E-state index contributed by atoms with van der Waals surface area (Å²) in [6, 6.07) is 18.6. The maximum absolute atomic E-state index is 10.5. The van der Waals surface area contributed by atoms with Gasteiger partial charge >= 0.3 is 0 Å². The summed E-state index contributed by atoms with van der Waals surface area (Å²) in [6.07, 6.45) is 0. The minimum atomic E-state index is 0.201. The number of aryl methyl sites for hydroxylation is 6. The largest absolute Gasteiger partial charge is 0.508 e. The van der Waals surface area contributed by atoms with Crippen molar-refractivity contribution in [2.45, 2.75) is 41.5 Å². The Morgan fingerprint density at radius 3 is 1.63 bits per heavy atom. The minimum Gasteiger partial charge on any atom is -0.508 e. The Morgan fingerprint density at radius 1 is 0.543 bits per heavy atom. The number of rotatable bonds is 5. The van der Waals surface area contributed by atoms with Crippen LogP contribution in [0, 0.1) is 41.5 Å². The smallest absolute Gasteiger partial charge is 0.130 e. The number of anilines is 3. The topological polar surface area (TPSA) is 73.2 Å². The minimum absolute atomic E-state index is 0.201. The summed E-state index contributed by atoms with van der Waals surface area (Å²) in [7, 11) is 0. The SMILES string of the molecule is Cc1cc(Oc2cccc(N(c3cc(O)c(C)cc3C)c3cc(O)c(C)cc3C)c2)c(C)cc1O. The normalized spacial score (nSPS) is 10.9. The van der Waals surface area contributed by atoms with E-state index in [-0.39, 0.29) is 17.2 Å². The van der Waals surface area contributed by atoms with Crippen molar-refractivity contribution >= 4 is 17.1 Å². The van der Waals surface area contributed by atoms with Gasteiger partial charge < -0.3 is 25.0 Å². The van der Waals surface area contributed by atoms with E-state index in [4.69, 9.17) is 4.74 Å². The lowest BCUT2D eigenvalue weighted by Crippen LogP contribution is -2.13. The molecule has 4 aromatic carbocycles. The van der Waals surface area contributed by atoms with Gasteiger partial charge in [0.15, 0.2) is 0 Å².